The van der Waals surface area contributed by atoms with Gasteiger partial charge in [-0.1, -0.05) is 0 Å². The zero-order valence-electron chi connectivity index (χ0n) is 11.2. The number of ether oxygens (including phenoxy) is 1. The van der Waals surface area contributed by atoms with Gasteiger partial charge < -0.3 is 14.9 Å². The highest BCUT2D eigenvalue weighted by molar-refractivity contribution is 5.99. The summed E-state index contributed by atoms with van der Waals surface area (Å²) < 4.78 is 6.05. The molecule has 7 nitrogen and oxygen atoms in total. The summed E-state index contributed by atoms with van der Waals surface area (Å²) >= 11 is 0. The van der Waals surface area contributed by atoms with Crippen molar-refractivity contribution in [1.82, 2.24) is 9.55 Å². The van der Waals surface area contributed by atoms with Crippen LogP contribution < -0.4 is 0 Å². The fraction of sp³-hybridized carbons (Fsp3) is 0.308. The lowest BCUT2D eigenvalue weighted by atomic mass is 10.2. The largest absolute Gasteiger partial charge is 0.506 e. The van der Waals surface area contributed by atoms with E-state index >= 15 is 0 Å². The van der Waals surface area contributed by atoms with Gasteiger partial charge in [0.1, 0.15) is 17.0 Å². The molecule has 0 saturated heterocycles. The molecule has 0 bridgehead atoms. The van der Waals surface area contributed by atoms with Gasteiger partial charge in [-0.2, -0.15) is 0 Å². The van der Waals surface area contributed by atoms with E-state index in [1.165, 1.54) is 12.1 Å². The number of carbonyl (C=O) groups is 2. The Labute approximate surface area is 114 Å². The first-order valence-corrected chi connectivity index (χ1v) is 5.86. The van der Waals surface area contributed by atoms with E-state index < -0.39 is 17.7 Å². The van der Waals surface area contributed by atoms with E-state index in [0.29, 0.717) is 5.39 Å². The van der Waals surface area contributed by atoms with Crippen molar-refractivity contribution in [3.63, 3.8) is 0 Å². The number of aromatic hydroxyl groups is 1. The van der Waals surface area contributed by atoms with Crippen LogP contribution in [-0.4, -0.2) is 37.4 Å². The molecule has 0 saturated carbocycles. The number of hydrogen-bond acceptors (Lipinski definition) is 5. The van der Waals surface area contributed by atoms with Crippen molar-refractivity contribution in [1.29, 1.82) is 0 Å². The Morgan fingerprint density at radius 3 is 2.50 bits per heavy atom. The second-order valence-corrected chi connectivity index (χ2v) is 5.26. The van der Waals surface area contributed by atoms with Gasteiger partial charge in [-0.3, -0.25) is 0 Å². The molecule has 0 aliphatic rings. The first-order valence-electron chi connectivity index (χ1n) is 5.86. The van der Waals surface area contributed by atoms with Crippen molar-refractivity contribution in [2.24, 2.45) is 0 Å². The van der Waals surface area contributed by atoms with Gasteiger partial charge in [-0.05, 0) is 32.9 Å². The highest BCUT2D eigenvalue weighted by atomic mass is 16.6. The van der Waals surface area contributed by atoms with Crippen molar-refractivity contribution in [3.05, 3.63) is 24.0 Å². The predicted molar refractivity (Wildman–Crippen MR) is 70.0 cm³/mol. The Balaban J connectivity index is 2.63. The molecule has 2 rings (SSSR count). The van der Waals surface area contributed by atoms with Crippen LogP contribution in [0, 0.1) is 0 Å². The standard InChI is InChI=1S/C13H14N2O5/c1-13(2,3)20-12(19)15-9(11(17)18)5-7-4-8(16)6-14-10(7)15/h4-6,16H,1-3H3,(H,17,18). The van der Waals surface area contributed by atoms with E-state index in [4.69, 9.17) is 9.84 Å². The third-order valence-corrected chi connectivity index (χ3v) is 2.42. The summed E-state index contributed by atoms with van der Waals surface area (Å²) in [6.45, 7) is 5.03. The molecule has 0 unspecified atom stereocenters. The number of rotatable bonds is 1. The van der Waals surface area contributed by atoms with Crippen molar-refractivity contribution in [2.45, 2.75) is 26.4 Å². The van der Waals surface area contributed by atoms with Gasteiger partial charge in [0.15, 0.2) is 5.65 Å². The predicted octanol–water partition coefficient (Wildman–Crippen LogP) is 2.22. The van der Waals surface area contributed by atoms with E-state index in [1.807, 2.05) is 0 Å². The molecular formula is C13H14N2O5. The number of aromatic carboxylic acids is 1. The Kier molecular flexibility index (Phi) is 3.13. The van der Waals surface area contributed by atoms with Crippen LogP contribution in [0.3, 0.4) is 0 Å². The van der Waals surface area contributed by atoms with Crippen LogP contribution in [0.15, 0.2) is 18.3 Å². The molecule has 0 atom stereocenters. The molecule has 106 valence electrons. The third kappa shape index (κ3) is 2.56. The van der Waals surface area contributed by atoms with Crippen molar-refractivity contribution in [3.8, 4) is 5.75 Å². The second-order valence-electron chi connectivity index (χ2n) is 5.26. The highest BCUT2D eigenvalue weighted by Gasteiger charge is 2.25. The Hall–Kier alpha value is -2.57. The van der Waals surface area contributed by atoms with E-state index in [1.54, 1.807) is 20.8 Å². The summed E-state index contributed by atoms with van der Waals surface area (Å²) in [5.74, 6) is -1.40. The lowest BCUT2D eigenvalue weighted by molar-refractivity contribution is 0.0512. The van der Waals surface area contributed by atoms with Gasteiger partial charge in [-0.15, -0.1) is 0 Å². The van der Waals surface area contributed by atoms with Gasteiger partial charge in [0.25, 0.3) is 0 Å². The molecular weight excluding hydrogens is 264 g/mol. The van der Waals surface area contributed by atoms with Crippen molar-refractivity contribution >= 4 is 23.1 Å². The van der Waals surface area contributed by atoms with Gasteiger partial charge in [0.2, 0.25) is 0 Å². The fourth-order valence-corrected chi connectivity index (χ4v) is 1.73. The summed E-state index contributed by atoms with van der Waals surface area (Å²) in [5, 5.41) is 18.9. The van der Waals surface area contributed by atoms with Crippen LogP contribution in [0.5, 0.6) is 5.75 Å². The van der Waals surface area contributed by atoms with E-state index in [2.05, 4.69) is 4.98 Å². The summed E-state index contributed by atoms with van der Waals surface area (Å²) in [6.07, 6.45) is 0.303. The van der Waals surface area contributed by atoms with Crippen LogP contribution >= 0.6 is 0 Å². The number of carbonyl (C=O) groups excluding carboxylic acids is 1. The molecule has 20 heavy (non-hydrogen) atoms. The first-order chi connectivity index (χ1) is 9.19. The van der Waals surface area contributed by atoms with E-state index in [-0.39, 0.29) is 17.1 Å². The lowest BCUT2D eigenvalue weighted by Crippen LogP contribution is -2.28. The number of carboxylic acid groups (broad SMARTS) is 1. The maximum Gasteiger partial charge on any atom is 0.420 e. The summed E-state index contributed by atoms with van der Waals surface area (Å²) in [7, 11) is 0. The third-order valence-electron chi connectivity index (χ3n) is 2.42. The zero-order valence-corrected chi connectivity index (χ0v) is 11.2. The number of pyridine rings is 1. The molecule has 0 spiro atoms. The minimum absolute atomic E-state index is 0.115. The highest BCUT2D eigenvalue weighted by Crippen LogP contribution is 2.23. The van der Waals surface area contributed by atoms with Gasteiger partial charge in [-0.25, -0.2) is 19.1 Å². The van der Waals surface area contributed by atoms with Crippen molar-refractivity contribution in [2.75, 3.05) is 0 Å². The van der Waals surface area contributed by atoms with Gasteiger partial charge in [0, 0.05) is 5.39 Å². The molecule has 0 aliphatic heterocycles. The normalized spacial score (nSPS) is 11.6. The number of nitrogens with zero attached hydrogens (tertiary/aromatic N) is 2. The Morgan fingerprint density at radius 2 is 1.95 bits per heavy atom. The molecule has 2 N–H and O–H groups in total. The smallest absolute Gasteiger partial charge is 0.420 e. The first kappa shape index (κ1) is 13.9. The van der Waals surface area contributed by atoms with Crippen molar-refractivity contribution < 1.29 is 24.5 Å². The molecule has 7 heteroatoms. The van der Waals surface area contributed by atoms with Crippen LogP contribution in [0.2, 0.25) is 0 Å². The molecule has 0 radical (unpaired) electrons. The molecule has 0 fully saturated rings. The summed E-state index contributed by atoms with van der Waals surface area (Å²) in [5.41, 5.74) is -0.915. The van der Waals surface area contributed by atoms with Crippen LogP contribution in [0.1, 0.15) is 31.3 Å². The quantitative estimate of drug-likeness (QED) is 0.829. The lowest BCUT2D eigenvalue weighted by Gasteiger charge is -2.20. The average Bonchev–Trinajstić information content (AvgIpc) is 2.64. The summed E-state index contributed by atoms with van der Waals surface area (Å²) in [4.78, 5) is 27.2. The van der Waals surface area contributed by atoms with Crippen LogP contribution in [0.25, 0.3) is 11.0 Å². The van der Waals surface area contributed by atoms with Gasteiger partial charge in [0.05, 0.1) is 6.20 Å². The minimum Gasteiger partial charge on any atom is -0.506 e. The monoisotopic (exact) mass is 278 g/mol. The second kappa shape index (κ2) is 4.52. The maximum atomic E-state index is 12.1. The molecule has 0 aliphatic carbocycles. The van der Waals surface area contributed by atoms with Crippen LogP contribution in [-0.2, 0) is 4.74 Å². The Morgan fingerprint density at radius 1 is 1.30 bits per heavy atom. The zero-order chi connectivity index (χ0) is 15.1. The van der Waals surface area contributed by atoms with Gasteiger partial charge >= 0.3 is 12.1 Å². The van der Waals surface area contributed by atoms with E-state index in [0.717, 1.165) is 10.8 Å². The SMILES string of the molecule is CC(C)(C)OC(=O)n1c(C(=O)O)cc2cc(O)cnc21. The Bertz CT molecular complexity index is 697. The minimum atomic E-state index is -1.28. The molecule has 2 aromatic rings. The van der Waals surface area contributed by atoms with Crippen LogP contribution in [0.4, 0.5) is 4.79 Å². The number of carboxylic acids is 1. The molecule has 0 amide bonds. The molecule has 2 aromatic heterocycles. The maximum absolute atomic E-state index is 12.1. The number of hydrogen-bond donors (Lipinski definition) is 2. The fourth-order valence-electron chi connectivity index (χ4n) is 1.73. The molecule has 0 aromatic carbocycles. The summed E-state index contributed by atoms with van der Waals surface area (Å²) in [6, 6.07) is 2.59. The number of aromatic nitrogens is 2. The molecule has 2 heterocycles. The topological polar surface area (TPSA) is 102 Å². The number of fused-ring (bicyclic) bond motifs is 1. The average molecular weight is 278 g/mol. The van der Waals surface area contributed by atoms with E-state index in [9.17, 15) is 14.7 Å².